The highest BCUT2D eigenvalue weighted by Gasteiger charge is 2.38. The summed E-state index contributed by atoms with van der Waals surface area (Å²) in [6, 6.07) is 4.62. The van der Waals surface area contributed by atoms with Crippen LogP contribution in [0.3, 0.4) is 0 Å². The Bertz CT molecular complexity index is 382. The minimum absolute atomic E-state index is 0.215. The summed E-state index contributed by atoms with van der Waals surface area (Å²) in [7, 11) is 0. The minimum atomic E-state index is -0.295. The quantitative estimate of drug-likeness (QED) is 0.823. The predicted octanol–water partition coefficient (Wildman–Crippen LogP) is 3.36. The molecule has 3 heteroatoms. The Morgan fingerprint density at radius 1 is 1.53 bits per heavy atom. The lowest BCUT2D eigenvalue weighted by Crippen LogP contribution is -2.06. The zero-order valence-electron chi connectivity index (χ0n) is 8.47. The van der Waals surface area contributed by atoms with E-state index in [0.717, 1.165) is 12.0 Å². The SMILES string of the molecule is CC1CC1C(=O)Cc1cc(F)cc(Br)c1. The van der Waals surface area contributed by atoms with Crippen molar-refractivity contribution in [3.05, 3.63) is 34.1 Å². The zero-order chi connectivity index (χ0) is 11.0. The van der Waals surface area contributed by atoms with E-state index in [1.54, 1.807) is 6.07 Å². The highest BCUT2D eigenvalue weighted by molar-refractivity contribution is 9.10. The first-order chi connectivity index (χ1) is 7.06. The van der Waals surface area contributed by atoms with Gasteiger partial charge in [0, 0.05) is 16.8 Å². The molecule has 0 heterocycles. The Morgan fingerprint density at radius 3 is 2.73 bits per heavy atom. The highest BCUT2D eigenvalue weighted by Crippen LogP contribution is 2.39. The number of rotatable bonds is 3. The van der Waals surface area contributed by atoms with Gasteiger partial charge >= 0.3 is 0 Å². The van der Waals surface area contributed by atoms with E-state index in [-0.39, 0.29) is 17.5 Å². The van der Waals surface area contributed by atoms with E-state index >= 15 is 0 Å². The lowest BCUT2D eigenvalue weighted by atomic mass is 10.1. The van der Waals surface area contributed by atoms with Crippen LogP contribution in [0.25, 0.3) is 0 Å². The van der Waals surface area contributed by atoms with Crippen LogP contribution in [0.2, 0.25) is 0 Å². The number of hydrogen-bond acceptors (Lipinski definition) is 1. The molecule has 0 bridgehead atoms. The molecule has 0 aromatic heterocycles. The Labute approximate surface area is 96.8 Å². The molecule has 0 amide bonds. The normalized spacial score (nSPS) is 23.9. The van der Waals surface area contributed by atoms with Crippen molar-refractivity contribution in [3.8, 4) is 0 Å². The molecule has 0 aliphatic heterocycles. The van der Waals surface area contributed by atoms with Crippen molar-refractivity contribution in [1.82, 2.24) is 0 Å². The third kappa shape index (κ3) is 2.65. The second-order valence-corrected chi connectivity index (χ2v) is 5.16. The van der Waals surface area contributed by atoms with E-state index in [9.17, 15) is 9.18 Å². The van der Waals surface area contributed by atoms with Gasteiger partial charge in [-0.15, -0.1) is 0 Å². The maximum Gasteiger partial charge on any atom is 0.140 e. The van der Waals surface area contributed by atoms with Gasteiger partial charge in [0.15, 0.2) is 0 Å². The average molecular weight is 271 g/mol. The van der Waals surface area contributed by atoms with Crippen molar-refractivity contribution in [1.29, 1.82) is 0 Å². The first-order valence-corrected chi connectivity index (χ1v) is 5.83. The third-order valence-electron chi connectivity index (χ3n) is 2.82. The molecule has 1 fully saturated rings. The van der Waals surface area contributed by atoms with E-state index < -0.39 is 0 Å². The lowest BCUT2D eigenvalue weighted by Gasteiger charge is -2.01. The molecule has 0 radical (unpaired) electrons. The Morgan fingerprint density at radius 2 is 2.20 bits per heavy atom. The molecule has 2 atom stereocenters. The molecule has 0 spiro atoms. The lowest BCUT2D eigenvalue weighted by molar-refractivity contribution is -0.119. The fourth-order valence-electron chi connectivity index (χ4n) is 1.82. The van der Waals surface area contributed by atoms with Gasteiger partial charge in [0.05, 0.1) is 0 Å². The van der Waals surface area contributed by atoms with Crippen molar-refractivity contribution >= 4 is 21.7 Å². The maximum atomic E-state index is 13.0. The fourth-order valence-corrected chi connectivity index (χ4v) is 2.33. The number of carbonyl (C=O) groups is 1. The molecular formula is C12H12BrFO. The third-order valence-corrected chi connectivity index (χ3v) is 3.28. The van der Waals surface area contributed by atoms with E-state index in [2.05, 4.69) is 22.9 Å². The smallest absolute Gasteiger partial charge is 0.140 e. The van der Waals surface area contributed by atoms with Gasteiger partial charge in [0.1, 0.15) is 11.6 Å². The first-order valence-electron chi connectivity index (χ1n) is 5.04. The molecule has 1 aromatic carbocycles. The number of carbonyl (C=O) groups excluding carboxylic acids is 1. The molecule has 0 saturated heterocycles. The molecule has 1 aromatic rings. The molecule has 15 heavy (non-hydrogen) atoms. The first kappa shape index (κ1) is 10.8. The summed E-state index contributed by atoms with van der Waals surface area (Å²) in [6.07, 6.45) is 1.35. The molecule has 2 rings (SSSR count). The van der Waals surface area contributed by atoms with Crippen LogP contribution in [0.5, 0.6) is 0 Å². The Hall–Kier alpha value is -0.700. The van der Waals surface area contributed by atoms with Crippen LogP contribution in [0.4, 0.5) is 4.39 Å². The van der Waals surface area contributed by atoms with Crippen LogP contribution in [0.15, 0.2) is 22.7 Å². The number of Topliss-reactive ketones (excluding diaryl/α,β-unsaturated/α-hetero) is 1. The van der Waals surface area contributed by atoms with Gasteiger partial charge in [-0.25, -0.2) is 4.39 Å². The largest absolute Gasteiger partial charge is 0.299 e. The van der Waals surface area contributed by atoms with Gasteiger partial charge in [-0.2, -0.15) is 0 Å². The van der Waals surface area contributed by atoms with E-state index in [0.29, 0.717) is 16.8 Å². The zero-order valence-corrected chi connectivity index (χ0v) is 10.1. The van der Waals surface area contributed by atoms with Crippen molar-refractivity contribution < 1.29 is 9.18 Å². The Kier molecular flexibility index (Phi) is 2.91. The summed E-state index contributed by atoms with van der Waals surface area (Å²) in [5.41, 5.74) is 0.756. The van der Waals surface area contributed by atoms with E-state index in [1.807, 2.05) is 0 Å². The molecule has 1 aliphatic rings. The van der Waals surface area contributed by atoms with Crippen LogP contribution in [0.1, 0.15) is 18.9 Å². The summed E-state index contributed by atoms with van der Waals surface area (Å²) >= 11 is 3.22. The topological polar surface area (TPSA) is 17.1 Å². The van der Waals surface area contributed by atoms with Crippen molar-refractivity contribution in [2.24, 2.45) is 11.8 Å². The summed E-state index contributed by atoms with van der Waals surface area (Å²) in [4.78, 5) is 11.7. The van der Waals surface area contributed by atoms with Gasteiger partial charge in [-0.3, -0.25) is 4.79 Å². The van der Waals surface area contributed by atoms with Crippen LogP contribution in [-0.2, 0) is 11.2 Å². The summed E-state index contributed by atoms with van der Waals surface area (Å²) < 4.78 is 13.7. The molecule has 80 valence electrons. The van der Waals surface area contributed by atoms with Gasteiger partial charge in [0.2, 0.25) is 0 Å². The number of benzene rings is 1. The standard InChI is InChI=1S/C12H12BrFO/c1-7-2-11(7)12(15)5-8-3-9(13)6-10(14)4-8/h3-4,6-7,11H,2,5H2,1H3. The van der Waals surface area contributed by atoms with E-state index in [1.165, 1.54) is 12.1 Å². The molecule has 2 unspecified atom stereocenters. The van der Waals surface area contributed by atoms with Crippen LogP contribution in [0, 0.1) is 17.7 Å². The van der Waals surface area contributed by atoms with Gasteiger partial charge in [-0.1, -0.05) is 22.9 Å². The summed E-state index contributed by atoms with van der Waals surface area (Å²) in [5, 5.41) is 0. The molecule has 1 nitrogen and oxygen atoms in total. The molecular weight excluding hydrogens is 259 g/mol. The second-order valence-electron chi connectivity index (χ2n) is 4.24. The minimum Gasteiger partial charge on any atom is -0.299 e. The van der Waals surface area contributed by atoms with E-state index in [4.69, 9.17) is 0 Å². The van der Waals surface area contributed by atoms with Crippen LogP contribution in [-0.4, -0.2) is 5.78 Å². The number of halogens is 2. The number of ketones is 1. The van der Waals surface area contributed by atoms with Crippen molar-refractivity contribution in [3.63, 3.8) is 0 Å². The Balaban J connectivity index is 2.07. The number of hydrogen-bond donors (Lipinski definition) is 0. The van der Waals surface area contributed by atoms with Crippen molar-refractivity contribution in [2.45, 2.75) is 19.8 Å². The van der Waals surface area contributed by atoms with Crippen LogP contribution >= 0.6 is 15.9 Å². The maximum absolute atomic E-state index is 13.0. The van der Waals surface area contributed by atoms with Gasteiger partial charge < -0.3 is 0 Å². The summed E-state index contributed by atoms with van der Waals surface area (Å²) in [5.74, 6) is 0.678. The molecule has 1 aliphatic carbocycles. The average Bonchev–Trinajstić information content (AvgIpc) is 2.80. The predicted molar refractivity (Wildman–Crippen MR) is 60.1 cm³/mol. The van der Waals surface area contributed by atoms with Gasteiger partial charge in [0.25, 0.3) is 0 Å². The highest BCUT2D eigenvalue weighted by atomic mass is 79.9. The van der Waals surface area contributed by atoms with Crippen LogP contribution < -0.4 is 0 Å². The molecule has 1 saturated carbocycles. The monoisotopic (exact) mass is 270 g/mol. The van der Waals surface area contributed by atoms with Crippen molar-refractivity contribution in [2.75, 3.05) is 0 Å². The summed E-state index contributed by atoms with van der Waals surface area (Å²) in [6.45, 7) is 2.07. The fraction of sp³-hybridized carbons (Fsp3) is 0.417. The second kappa shape index (κ2) is 4.05. The molecule has 0 N–H and O–H groups in total. The van der Waals surface area contributed by atoms with Gasteiger partial charge in [-0.05, 0) is 36.1 Å².